The van der Waals surface area contributed by atoms with Crippen LogP contribution in [0, 0.1) is 5.92 Å². The molecule has 20 heavy (non-hydrogen) atoms. The van der Waals surface area contributed by atoms with Gasteiger partial charge in [0.15, 0.2) is 0 Å². The van der Waals surface area contributed by atoms with Crippen LogP contribution in [0.3, 0.4) is 0 Å². The lowest BCUT2D eigenvalue weighted by Crippen LogP contribution is -2.41. The van der Waals surface area contributed by atoms with Crippen molar-refractivity contribution >= 4 is 35.2 Å². The first-order chi connectivity index (χ1) is 9.58. The van der Waals surface area contributed by atoms with Gasteiger partial charge in [0.2, 0.25) is 5.91 Å². The van der Waals surface area contributed by atoms with E-state index in [9.17, 15) is 9.59 Å². The molecule has 108 valence electrons. The Kier molecular flexibility index (Phi) is 5.31. The molecule has 6 heteroatoms. The van der Waals surface area contributed by atoms with E-state index in [1.165, 1.54) is 11.8 Å². The van der Waals surface area contributed by atoms with Gasteiger partial charge in [-0.1, -0.05) is 23.7 Å². The second-order valence-corrected chi connectivity index (χ2v) is 6.14. The molecule has 1 N–H and O–H groups in total. The third-order valence-electron chi connectivity index (χ3n) is 3.38. The van der Waals surface area contributed by atoms with Gasteiger partial charge in [0.25, 0.3) is 0 Å². The van der Waals surface area contributed by atoms with Crippen molar-refractivity contribution in [2.75, 3.05) is 18.8 Å². The van der Waals surface area contributed by atoms with Crippen LogP contribution in [0.2, 0.25) is 5.02 Å². The minimum absolute atomic E-state index is 0.0405. The fourth-order valence-corrected chi connectivity index (χ4v) is 3.31. The number of likely N-dealkylation sites (tertiary alicyclic amines) is 1. The summed E-state index contributed by atoms with van der Waals surface area (Å²) in [6, 6.07) is 7.42. The average molecular weight is 314 g/mol. The maximum atomic E-state index is 12.1. The lowest BCUT2D eigenvalue weighted by Gasteiger charge is -2.30. The SMILES string of the molecule is O=C(O)C1CCN(C(=O)CSc2ccccc2Cl)CC1. The number of hydrogen-bond donors (Lipinski definition) is 1. The molecule has 1 aromatic rings. The summed E-state index contributed by atoms with van der Waals surface area (Å²) in [6.07, 6.45) is 1.08. The Bertz CT molecular complexity index is 501. The van der Waals surface area contributed by atoms with Crippen LogP contribution in [0.4, 0.5) is 0 Å². The van der Waals surface area contributed by atoms with E-state index in [0.717, 1.165) is 4.90 Å². The molecule has 1 saturated heterocycles. The van der Waals surface area contributed by atoms with Gasteiger partial charge in [0.05, 0.1) is 16.7 Å². The third kappa shape index (κ3) is 3.90. The predicted octanol–water partition coefficient (Wildman–Crippen LogP) is 2.76. The second-order valence-electron chi connectivity index (χ2n) is 4.71. The zero-order chi connectivity index (χ0) is 14.5. The Hall–Kier alpha value is -1.20. The number of aliphatic carboxylic acids is 1. The molecule has 1 heterocycles. The summed E-state index contributed by atoms with van der Waals surface area (Å²) in [6.45, 7) is 1.05. The van der Waals surface area contributed by atoms with E-state index in [1.807, 2.05) is 18.2 Å². The first-order valence-corrected chi connectivity index (χ1v) is 7.82. The topological polar surface area (TPSA) is 57.6 Å². The van der Waals surface area contributed by atoms with Crippen molar-refractivity contribution in [3.8, 4) is 0 Å². The van der Waals surface area contributed by atoms with Crippen LogP contribution in [0.5, 0.6) is 0 Å². The molecule has 1 aliphatic heterocycles. The molecule has 0 atom stereocenters. The Balaban J connectivity index is 1.82. The quantitative estimate of drug-likeness (QED) is 0.868. The molecule has 1 aromatic carbocycles. The highest BCUT2D eigenvalue weighted by Gasteiger charge is 2.26. The number of amides is 1. The molecule has 0 saturated carbocycles. The molecule has 1 amide bonds. The van der Waals surface area contributed by atoms with Gasteiger partial charge < -0.3 is 10.0 Å². The van der Waals surface area contributed by atoms with Gasteiger partial charge in [-0.05, 0) is 25.0 Å². The van der Waals surface area contributed by atoms with E-state index >= 15 is 0 Å². The zero-order valence-corrected chi connectivity index (χ0v) is 12.5. The van der Waals surface area contributed by atoms with Gasteiger partial charge in [-0.3, -0.25) is 9.59 Å². The number of rotatable bonds is 4. The van der Waals surface area contributed by atoms with Gasteiger partial charge in [0.1, 0.15) is 0 Å². The van der Waals surface area contributed by atoms with Gasteiger partial charge in [-0.25, -0.2) is 0 Å². The first-order valence-electron chi connectivity index (χ1n) is 6.46. The van der Waals surface area contributed by atoms with E-state index in [-0.39, 0.29) is 11.8 Å². The molecule has 4 nitrogen and oxygen atoms in total. The van der Waals surface area contributed by atoms with E-state index in [2.05, 4.69) is 0 Å². The summed E-state index contributed by atoms with van der Waals surface area (Å²) in [5.74, 6) is -0.696. The highest BCUT2D eigenvalue weighted by atomic mass is 35.5. The minimum Gasteiger partial charge on any atom is -0.481 e. The Morgan fingerprint density at radius 1 is 1.30 bits per heavy atom. The molecule has 0 aromatic heterocycles. The first kappa shape index (κ1) is 15.2. The number of benzene rings is 1. The lowest BCUT2D eigenvalue weighted by atomic mass is 9.97. The van der Waals surface area contributed by atoms with Crippen molar-refractivity contribution in [2.45, 2.75) is 17.7 Å². The molecule has 1 fully saturated rings. The van der Waals surface area contributed by atoms with Gasteiger partial charge in [-0.15, -0.1) is 11.8 Å². The third-order valence-corrected chi connectivity index (χ3v) is 4.88. The van der Waals surface area contributed by atoms with Crippen LogP contribution in [0.25, 0.3) is 0 Å². The Morgan fingerprint density at radius 2 is 1.95 bits per heavy atom. The van der Waals surface area contributed by atoms with Crippen LogP contribution in [0.1, 0.15) is 12.8 Å². The van der Waals surface area contributed by atoms with Gasteiger partial charge in [-0.2, -0.15) is 0 Å². The highest BCUT2D eigenvalue weighted by molar-refractivity contribution is 8.00. The number of carboxylic acids is 1. The number of carbonyl (C=O) groups is 2. The van der Waals surface area contributed by atoms with Gasteiger partial charge in [0, 0.05) is 18.0 Å². The summed E-state index contributed by atoms with van der Waals surface area (Å²) in [5, 5.41) is 9.57. The molecule has 1 aliphatic rings. The normalized spacial score (nSPS) is 16.1. The number of carbonyl (C=O) groups excluding carboxylic acids is 1. The van der Waals surface area contributed by atoms with E-state index in [4.69, 9.17) is 16.7 Å². The van der Waals surface area contributed by atoms with Crippen LogP contribution in [-0.4, -0.2) is 40.7 Å². The number of nitrogens with zero attached hydrogens (tertiary/aromatic N) is 1. The van der Waals surface area contributed by atoms with Crippen LogP contribution < -0.4 is 0 Å². The largest absolute Gasteiger partial charge is 0.481 e. The molecule has 0 radical (unpaired) electrons. The molecular formula is C14H16ClNO3S. The van der Waals surface area contributed by atoms with Gasteiger partial charge >= 0.3 is 5.97 Å². The van der Waals surface area contributed by atoms with Crippen molar-refractivity contribution in [2.24, 2.45) is 5.92 Å². The monoisotopic (exact) mass is 313 g/mol. The highest BCUT2D eigenvalue weighted by Crippen LogP contribution is 2.27. The van der Waals surface area contributed by atoms with Crippen molar-refractivity contribution in [1.29, 1.82) is 0 Å². The standard InChI is InChI=1S/C14H16ClNO3S/c15-11-3-1-2-4-12(11)20-9-13(17)16-7-5-10(6-8-16)14(18)19/h1-4,10H,5-9H2,(H,18,19). The molecular weight excluding hydrogens is 298 g/mol. The van der Waals surface area contributed by atoms with Crippen molar-refractivity contribution in [1.82, 2.24) is 4.90 Å². The fourth-order valence-electron chi connectivity index (χ4n) is 2.17. The second kappa shape index (κ2) is 6.99. The molecule has 2 rings (SSSR count). The Labute approximate surface area is 127 Å². The van der Waals surface area contributed by atoms with Crippen molar-refractivity contribution in [3.63, 3.8) is 0 Å². The number of halogens is 1. The molecule has 0 aliphatic carbocycles. The van der Waals surface area contributed by atoms with Crippen molar-refractivity contribution in [3.05, 3.63) is 29.3 Å². The number of hydrogen-bond acceptors (Lipinski definition) is 3. The maximum Gasteiger partial charge on any atom is 0.306 e. The summed E-state index contributed by atoms with van der Waals surface area (Å²) >= 11 is 7.45. The molecule has 0 spiro atoms. The van der Waals surface area contributed by atoms with E-state index < -0.39 is 5.97 Å². The summed E-state index contributed by atoms with van der Waals surface area (Å²) < 4.78 is 0. The predicted molar refractivity (Wildman–Crippen MR) is 79.1 cm³/mol. The Morgan fingerprint density at radius 3 is 2.55 bits per heavy atom. The lowest BCUT2D eigenvalue weighted by molar-refractivity contribution is -0.145. The van der Waals surface area contributed by atoms with Crippen LogP contribution in [-0.2, 0) is 9.59 Å². The summed E-state index contributed by atoms with van der Waals surface area (Å²) in [4.78, 5) is 25.6. The minimum atomic E-state index is -0.762. The van der Waals surface area contributed by atoms with E-state index in [1.54, 1.807) is 11.0 Å². The summed E-state index contributed by atoms with van der Waals surface area (Å²) in [7, 11) is 0. The fraction of sp³-hybridized carbons (Fsp3) is 0.429. The maximum absolute atomic E-state index is 12.1. The van der Waals surface area contributed by atoms with Crippen LogP contribution in [0.15, 0.2) is 29.2 Å². The smallest absolute Gasteiger partial charge is 0.306 e. The zero-order valence-electron chi connectivity index (χ0n) is 10.9. The number of carboxylic acid groups (broad SMARTS) is 1. The molecule has 0 unspecified atom stereocenters. The summed E-state index contributed by atoms with van der Waals surface area (Å²) in [5.41, 5.74) is 0. The van der Waals surface area contributed by atoms with Crippen molar-refractivity contribution < 1.29 is 14.7 Å². The number of thioether (sulfide) groups is 1. The number of piperidine rings is 1. The molecule has 0 bridgehead atoms. The van der Waals surface area contributed by atoms with Crippen LogP contribution >= 0.6 is 23.4 Å². The average Bonchev–Trinajstić information content (AvgIpc) is 2.46. The van der Waals surface area contributed by atoms with E-state index in [0.29, 0.717) is 36.7 Å².